The first-order chi connectivity index (χ1) is 17.2. The number of nitrogens with zero attached hydrogens (tertiary/aromatic N) is 4. The van der Waals surface area contributed by atoms with Gasteiger partial charge in [-0.25, -0.2) is 4.68 Å². The standard InChI is InChI=1S/C27H32N4O4/c1-33-24-11-10-20(17-25(24)34-2)26-23(19-31(28-26)21-7-4-3-5-8-21)27(32)30-14-12-29(13-15-30)18-22-9-6-16-35-22/h3-5,7-8,10-11,17,19,22H,6,9,12-16,18H2,1-2H3. The summed E-state index contributed by atoms with van der Waals surface area (Å²) in [5.74, 6) is 1.23. The van der Waals surface area contributed by atoms with Crippen molar-refractivity contribution in [3.8, 4) is 28.4 Å². The maximum absolute atomic E-state index is 13.7. The molecule has 2 fully saturated rings. The van der Waals surface area contributed by atoms with E-state index in [1.54, 1.807) is 18.9 Å². The highest BCUT2D eigenvalue weighted by Gasteiger charge is 2.28. The average Bonchev–Trinajstić information content (AvgIpc) is 3.59. The molecule has 1 aromatic heterocycles. The summed E-state index contributed by atoms with van der Waals surface area (Å²) in [6, 6.07) is 15.5. The quantitative estimate of drug-likeness (QED) is 0.520. The van der Waals surface area contributed by atoms with Gasteiger partial charge in [0.05, 0.1) is 31.6 Å². The predicted molar refractivity (Wildman–Crippen MR) is 133 cm³/mol. The van der Waals surface area contributed by atoms with Crippen LogP contribution in [0.25, 0.3) is 16.9 Å². The van der Waals surface area contributed by atoms with Crippen LogP contribution < -0.4 is 9.47 Å². The number of rotatable bonds is 7. The number of para-hydroxylation sites is 1. The molecule has 1 atom stereocenters. The lowest BCUT2D eigenvalue weighted by Crippen LogP contribution is -2.50. The van der Waals surface area contributed by atoms with Crippen molar-refractivity contribution in [2.45, 2.75) is 18.9 Å². The number of piperazine rings is 1. The number of carbonyl (C=O) groups excluding carboxylic acids is 1. The Kier molecular flexibility index (Phi) is 7.01. The fourth-order valence-corrected chi connectivity index (χ4v) is 4.82. The van der Waals surface area contributed by atoms with Gasteiger partial charge >= 0.3 is 0 Å². The minimum Gasteiger partial charge on any atom is -0.493 e. The zero-order valence-corrected chi connectivity index (χ0v) is 20.4. The van der Waals surface area contributed by atoms with Crippen LogP contribution in [0.3, 0.4) is 0 Å². The number of methoxy groups -OCH3 is 2. The zero-order chi connectivity index (χ0) is 24.2. The van der Waals surface area contributed by atoms with Crippen LogP contribution in [0.5, 0.6) is 11.5 Å². The lowest BCUT2D eigenvalue weighted by molar-refractivity contribution is 0.0433. The van der Waals surface area contributed by atoms with Crippen molar-refractivity contribution >= 4 is 5.91 Å². The van der Waals surface area contributed by atoms with Gasteiger partial charge < -0.3 is 19.1 Å². The minimum atomic E-state index is -0.00580. The molecule has 1 amide bonds. The summed E-state index contributed by atoms with van der Waals surface area (Å²) in [7, 11) is 3.21. The molecule has 2 aliphatic rings. The molecule has 0 aliphatic carbocycles. The molecule has 35 heavy (non-hydrogen) atoms. The molecule has 184 valence electrons. The lowest BCUT2D eigenvalue weighted by atomic mass is 10.1. The Labute approximate surface area is 206 Å². The van der Waals surface area contributed by atoms with Crippen molar-refractivity contribution in [1.29, 1.82) is 0 Å². The maximum Gasteiger partial charge on any atom is 0.257 e. The molecule has 3 heterocycles. The highest BCUT2D eigenvalue weighted by atomic mass is 16.5. The molecular formula is C27H32N4O4. The highest BCUT2D eigenvalue weighted by molar-refractivity contribution is 6.00. The molecule has 0 spiro atoms. The molecule has 5 rings (SSSR count). The molecule has 0 bridgehead atoms. The van der Waals surface area contributed by atoms with Crippen LogP contribution in [-0.2, 0) is 4.74 Å². The molecule has 0 saturated carbocycles. The Morgan fingerprint density at radius 1 is 1.03 bits per heavy atom. The first-order valence-electron chi connectivity index (χ1n) is 12.2. The van der Waals surface area contributed by atoms with Gasteiger partial charge in [-0.3, -0.25) is 9.69 Å². The smallest absolute Gasteiger partial charge is 0.257 e. The van der Waals surface area contributed by atoms with Gasteiger partial charge in [-0.15, -0.1) is 0 Å². The Bertz CT molecular complexity index is 1150. The van der Waals surface area contributed by atoms with Gasteiger partial charge in [0.25, 0.3) is 5.91 Å². The van der Waals surface area contributed by atoms with E-state index in [2.05, 4.69) is 4.90 Å². The number of carbonyl (C=O) groups is 1. The van der Waals surface area contributed by atoms with E-state index in [1.807, 2.05) is 59.6 Å². The largest absolute Gasteiger partial charge is 0.493 e. The third kappa shape index (κ3) is 5.04. The third-order valence-corrected chi connectivity index (χ3v) is 6.77. The van der Waals surface area contributed by atoms with E-state index in [9.17, 15) is 4.79 Å². The SMILES string of the molecule is COc1ccc(-c2nn(-c3ccccc3)cc2C(=O)N2CCN(CC3CCCO3)CC2)cc1OC. The first-order valence-corrected chi connectivity index (χ1v) is 12.2. The first kappa shape index (κ1) is 23.4. The van der Waals surface area contributed by atoms with Gasteiger partial charge in [-0.05, 0) is 43.2 Å². The predicted octanol–water partition coefficient (Wildman–Crippen LogP) is 3.49. The molecule has 2 saturated heterocycles. The third-order valence-electron chi connectivity index (χ3n) is 6.77. The van der Waals surface area contributed by atoms with Crippen LogP contribution >= 0.6 is 0 Å². The Morgan fingerprint density at radius 2 is 1.80 bits per heavy atom. The van der Waals surface area contributed by atoms with Crippen LogP contribution in [0.2, 0.25) is 0 Å². The summed E-state index contributed by atoms with van der Waals surface area (Å²) < 4.78 is 18.5. The summed E-state index contributed by atoms with van der Waals surface area (Å²) >= 11 is 0. The van der Waals surface area contributed by atoms with Crippen molar-refractivity contribution in [2.24, 2.45) is 0 Å². The van der Waals surface area contributed by atoms with Crippen molar-refractivity contribution in [3.05, 3.63) is 60.3 Å². The van der Waals surface area contributed by atoms with Crippen molar-refractivity contribution in [3.63, 3.8) is 0 Å². The summed E-state index contributed by atoms with van der Waals surface area (Å²) in [6.45, 7) is 4.90. The number of hydrogen-bond acceptors (Lipinski definition) is 6. The fourth-order valence-electron chi connectivity index (χ4n) is 4.82. The molecule has 3 aromatic rings. The van der Waals surface area contributed by atoms with E-state index in [0.717, 1.165) is 50.3 Å². The Hall–Kier alpha value is -3.36. The topological polar surface area (TPSA) is 69.1 Å². The molecule has 1 unspecified atom stereocenters. The van der Waals surface area contributed by atoms with Crippen LogP contribution in [-0.4, -0.2) is 85.1 Å². The van der Waals surface area contributed by atoms with E-state index in [4.69, 9.17) is 19.3 Å². The lowest BCUT2D eigenvalue weighted by Gasteiger charge is -2.35. The van der Waals surface area contributed by atoms with E-state index in [0.29, 0.717) is 41.9 Å². The van der Waals surface area contributed by atoms with Crippen LogP contribution in [0, 0.1) is 0 Å². The molecule has 2 aliphatic heterocycles. The minimum absolute atomic E-state index is 0.00580. The van der Waals surface area contributed by atoms with Crippen molar-refractivity contribution in [1.82, 2.24) is 19.6 Å². The second-order valence-electron chi connectivity index (χ2n) is 8.97. The number of aromatic nitrogens is 2. The average molecular weight is 477 g/mol. The second kappa shape index (κ2) is 10.5. The molecule has 8 heteroatoms. The van der Waals surface area contributed by atoms with Gasteiger partial charge in [0.15, 0.2) is 11.5 Å². The van der Waals surface area contributed by atoms with Crippen LogP contribution in [0.4, 0.5) is 0 Å². The molecule has 0 radical (unpaired) electrons. The number of ether oxygens (including phenoxy) is 3. The maximum atomic E-state index is 13.7. The van der Waals surface area contributed by atoms with Crippen molar-refractivity contribution in [2.75, 3.05) is 53.6 Å². The number of benzene rings is 2. The summed E-state index contributed by atoms with van der Waals surface area (Å²) in [5, 5.41) is 4.83. The molecular weight excluding hydrogens is 444 g/mol. The normalized spacial score (nSPS) is 18.6. The molecule has 2 aromatic carbocycles. The van der Waals surface area contributed by atoms with Gasteiger partial charge in [-0.1, -0.05) is 18.2 Å². The van der Waals surface area contributed by atoms with E-state index in [1.165, 1.54) is 0 Å². The van der Waals surface area contributed by atoms with E-state index < -0.39 is 0 Å². The van der Waals surface area contributed by atoms with Gasteiger partial charge in [-0.2, -0.15) is 5.10 Å². The molecule has 8 nitrogen and oxygen atoms in total. The fraction of sp³-hybridized carbons (Fsp3) is 0.407. The highest BCUT2D eigenvalue weighted by Crippen LogP contribution is 2.34. The number of hydrogen-bond donors (Lipinski definition) is 0. The van der Waals surface area contributed by atoms with Gasteiger partial charge in [0.1, 0.15) is 5.69 Å². The van der Waals surface area contributed by atoms with E-state index >= 15 is 0 Å². The van der Waals surface area contributed by atoms with Gasteiger partial charge in [0, 0.05) is 51.1 Å². The zero-order valence-electron chi connectivity index (χ0n) is 20.4. The summed E-state index contributed by atoms with van der Waals surface area (Å²) in [5.41, 5.74) is 2.91. The Morgan fingerprint density at radius 3 is 2.49 bits per heavy atom. The van der Waals surface area contributed by atoms with E-state index in [-0.39, 0.29) is 5.91 Å². The van der Waals surface area contributed by atoms with Crippen LogP contribution in [0.15, 0.2) is 54.7 Å². The molecule has 0 N–H and O–H groups in total. The number of amides is 1. The van der Waals surface area contributed by atoms with Crippen LogP contribution in [0.1, 0.15) is 23.2 Å². The van der Waals surface area contributed by atoms with Gasteiger partial charge in [0.2, 0.25) is 0 Å². The summed E-state index contributed by atoms with van der Waals surface area (Å²) in [4.78, 5) is 18.1. The summed E-state index contributed by atoms with van der Waals surface area (Å²) in [6.07, 6.45) is 4.44. The Balaban J connectivity index is 1.41. The monoisotopic (exact) mass is 476 g/mol. The second-order valence-corrected chi connectivity index (χ2v) is 8.97. The van der Waals surface area contributed by atoms with Crippen molar-refractivity contribution < 1.29 is 19.0 Å².